The number of fused-ring (bicyclic) bond motifs is 3. The van der Waals surface area contributed by atoms with E-state index in [1.165, 1.54) is 0 Å². The standard InChI is InChI=1S/C24H17ClN4O2/c25-18-7-9-19(10-8-18)27-23(30)17-6-11-20-22(14-17)28(15-16-4-2-1-3-5-16)24(31)21-12-13-26-29(20)21/h1-14H,15H2,(H,27,30). The Balaban J connectivity index is 1.63. The van der Waals surface area contributed by atoms with Crippen molar-refractivity contribution in [2.45, 2.75) is 6.54 Å². The van der Waals surface area contributed by atoms with Crippen molar-refractivity contribution in [2.75, 3.05) is 5.32 Å². The van der Waals surface area contributed by atoms with Crippen LogP contribution in [0, 0.1) is 0 Å². The number of halogens is 1. The summed E-state index contributed by atoms with van der Waals surface area (Å²) in [6, 6.07) is 23.6. The van der Waals surface area contributed by atoms with Gasteiger partial charge in [0.1, 0.15) is 5.52 Å². The second kappa shape index (κ2) is 7.74. The molecule has 1 amide bonds. The Hall–Kier alpha value is -3.90. The van der Waals surface area contributed by atoms with Gasteiger partial charge in [0.15, 0.2) is 0 Å². The lowest BCUT2D eigenvalue weighted by atomic mass is 10.1. The fraction of sp³-hybridized carbons (Fsp3) is 0.0417. The van der Waals surface area contributed by atoms with Gasteiger partial charge in [0.25, 0.3) is 11.5 Å². The van der Waals surface area contributed by atoms with Crippen LogP contribution in [0.15, 0.2) is 89.9 Å². The number of hydrogen-bond acceptors (Lipinski definition) is 3. The van der Waals surface area contributed by atoms with Crippen LogP contribution in [0.25, 0.3) is 16.6 Å². The zero-order valence-corrected chi connectivity index (χ0v) is 17.1. The maximum absolute atomic E-state index is 13.2. The monoisotopic (exact) mass is 428 g/mol. The van der Waals surface area contributed by atoms with Crippen molar-refractivity contribution in [3.8, 4) is 0 Å². The highest BCUT2D eigenvalue weighted by Gasteiger charge is 2.15. The topological polar surface area (TPSA) is 68.4 Å². The molecule has 152 valence electrons. The van der Waals surface area contributed by atoms with Crippen molar-refractivity contribution < 1.29 is 4.79 Å². The van der Waals surface area contributed by atoms with Crippen LogP contribution in [0.2, 0.25) is 5.02 Å². The van der Waals surface area contributed by atoms with Gasteiger partial charge in [0, 0.05) is 16.3 Å². The van der Waals surface area contributed by atoms with Crippen LogP contribution in [0.4, 0.5) is 5.69 Å². The molecule has 0 bridgehead atoms. The summed E-state index contributed by atoms with van der Waals surface area (Å²) in [5.74, 6) is -0.275. The Morgan fingerprint density at radius 1 is 0.903 bits per heavy atom. The zero-order valence-electron chi connectivity index (χ0n) is 16.3. The molecule has 31 heavy (non-hydrogen) atoms. The van der Waals surface area contributed by atoms with Gasteiger partial charge in [-0.25, -0.2) is 4.52 Å². The summed E-state index contributed by atoms with van der Waals surface area (Å²) >= 11 is 5.91. The molecule has 0 saturated carbocycles. The lowest BCUT2D eigenvalue weighted by Gasteiger charge is -2.13. The van der Waals surface area contributed by atoms with Crippen LogP contribution in [0.3, 0.4) is 0 Å². The third kappa shape index (κ3) is 3.58. The van der Waals surface area contributed by atoms with Gasteiger partial charge in [-0.15, -0.1) is 0 Å². The SMILES string of the molecule is O=C(Nc1ccc(Cl)cc1)c1ccc2c(c1)n(Cc1ccccc1)c(=O)c1ccnn12. The van der Waals surface area contributed by atoms with E-state index in [-0.39, 0.29) is 11.5 Å². The largest absolute Gasteiger partial charge is 0.322 e. The molecule has 7 heteroatoms. The molecule has 6 nitrogen and oxygen atoms in total. The van der Waals surface area contributed by atoms with Gasteiger partial charge in [-0.2, -0.15) is 5.10 Å². The average molecular weight is 429 g/mol. The van der Waals surface area contributed by atoms with E-state index in [9.17, 15) is 9.59 Å². The molecule has 2 heterocycles. The Labute approximate surface area is 182 Å². The number of carbonyl (C=O) groups excluding carboxylic acids is 1. The third-order valence-corrected chi connectivity index (χ3v) is 5.40. The van der Waals surface area contributed by atoms with Crippen LogP contribution in [-0.2, 0) is 6.54 Å². The molecule has 0 aliphatic rings. The zero-order chi connectivity index (χ0) is 21.4. The third-order valence-electron chi connectivity index (χ3n) is 5.15. The molecule has 0 fully saturated rings. The highest BCUT2D eigenvalue weighted by molar-refractivity contribution is 6.30. The second-order valence-corrected chi connectivity index (χ2v) is 7.61. The summed E-state index contributed by atoms with van der Waals surface area (Å²) in [5.41, 5.74) is 3.78. The first-order chi connectivity index (χ1) is 15.1. The van der Waals surface area contributed by atoms with Gasteiger partial charge in [-0.1, -0.05) is 41.9 Å². The minimum Gasteiger partial charge on any atom is -0.322 e. The van der Waals surface area contributed by atoms with Crippen LogP contribution in [0.5, 0.6) is 0 Å². The molecule has 0 saturated heterocycles. The number of amides is 1. The molecular weight excluding hydrogens is 412 g/mol. The molecule has 0 spiro atoms. The molecule has 5 rings (SSSR count). The van der Waals surface area contributed by atoms with Crippen molar-refractivity contribution in [3.63, 3.8) is 0 Å². The van der Waals surface area contributed by atoms with Crippen molar-refractivity contribution in [1.29, 1.82) is 0 Å². The Kier molecular flexibility index (Phi) is 4.76. The second-order valence-electron chi connectivity index (χ2n) is 7.17. The summed E-state index contributed by atoms with van der Waals surface area (Å²) in [6.45, 7) is 0.389. The van der Waals surface area contributed by atoms with Crippen molar-refractivity contribution in [1.82, 2.24) is 14.2 Å². The van der Waals surface area contributed by atoms with E-state index in [1.54, 1.807) is 57.7 Å². The van der Waals surface area contributed by atoms with Crippen molar-refractivity contribution in [3.05, 3.63) is 112 Å². The van der Waals surface area contributed by atoms with Crippen LogP contribution in [0.1, 0.15) is 15.9 Å². The molecule has 0 atom stereocenters. The van der Waals surface area contributed by atoms with Crippen molar-refractivity contribution >= 4 is 39.7 Å². The summed E-state index contributed by atoms with van der Waals surface area (Å²) in [6.07, 6.45) is 1.60. The molecule has 0 unspecified atom stereocenters. The number of hydrogen-bond donors (Lipinski definition) is 1. The molecule has 0 aliphatic heterocycles. The predicted octanol–water partition coefficient (Wildman–Crippen LogP) is 4.60. The molecule has 1 N–H and O–H groups in total. The van der Waals surface area contributed by atoms with Gasteiger partial charge in [0.05, 0.1) is 23.8 Å². The van der Waals surface area contributed by atoms with Crippen LogP contribution < -0.4 is 10.9 Å². The maximum Gasteiger partial charge on any atom is 0.277 e. The quantitative estimate of drug-likeness (QED) is 0.454. The van der Waals surface area contributed by atoms with Crippen LogP contribution in [-0.4, -0.2) is 20.1 Å². The van der Waals surface area contributed by atoms with E-state index in [0.717, 1.165) is 11.1 Å². The molecule has 5 aromatic rings. The average Bonchev–Trinajstić information content (AvgIpc) is 3.29. The summed E-state index contributed by atoms with van der Waals surface area (Å²) < 4.78 is 3.29. The van der Waals surface area contributed by atoms with E-state index >= 15 is 0 Å². The predicted molar refractivity (Wildman–Crippen MR) is 122 cm³/mol. The first kappa shape index (κ1) is 19.1. The lowest BCUT2D eigenvalue weighted by Crippen LogP contribution is -2.24. The molecule has 2 aromatic heterocycles. The first-order valence-electron chi connectivity index (χ1n) is 9.71. The van der Waals surface area contributed by atoms with Gasteiger partial charge < -0.3 is 9.88 Å². The van der Waals surface area contributed by atoms with Gasteiger partial charge >= 0.3 is 0 Å². The van der Waals surface area contributed by atoms with Gasteiger partial charge in [-0.3, -0.25) is 9.59 Å². The fourth-order valence-electron chi connectivity index (χ4n) is 3.62. The first-order valence-corrected chi connectivity index (χ1v) is 10.1. The van der Waals surface area contributed by atoms with E-state index in [1.807, 2.05) is 36.4 Å². The Bertz CT molecular complexity index is 1470. The lowest BCUT2D eigenvalue weighted by molar-refractivity contribution is 0.102. The molecule has 0 aliphatic carbocycles. The molecular formula is C24H17ClN4O2. The number of rotatable bonds is 4. The maximum atomic E-state index is 13.2. The summed E-state index contributed by atoms with van der Waals surface area (Å²) in [7, 11) is 0. The normalized spacial score (nSPS) is 11.1. The van der Waals surface area contributed by atoms with E-state index in [4.69, 9.17) is 11.6 Å². The fourth-order valence-corrected chi connectivity index (χ4v) is 3.75. The highest BCUT2D eigenvalue weighted by Crippen LogP contribution is 2.19. The summed E-state index contributed by atoms with van der Waals surface area (Å²) in [4.78, 5) is 26.1. The molecule has 3 aromatic carbocycles. The number of nitrogens with zero attached hydrogens (tertiary/aromatic N) is 3. The Morgan fingerprint density at radius 3 is 2.45 bits per heavy atom. The summed E-state index contributed by atoms with van der Waals surface area (Å²) in [5, 5.41) is 7.75. The minimum absolute atomic E-state index is 0.163. The smallest absolute Gasteiger partial charge is 0.277 e. The van der Waals surface area contributed by atoms with E-state index in [0.29, 0.717) is 33.9 Å². The van der Waals surface area contributed by atoms with Crippen LogP contribution >= 0.6 is 11.6 Å². The number of anilines is 1. The minimum atomic E-state index is -0.275. The van der Waals surface area contributed by atoms with Crippen molar-refractivity contribution in [2.24, 2.45) is 0 Å². The number of aromatic nitrogens is 3. The van der Waals surface area contributed by atoms with Gasteiger partial charge in [0.2, 0.25) is 0 Å². The molecule has 0 radical (unpaired) electrons. The van der Waals surface area contributed by atoms with E-state index < -0.39 is 0 Å². The van der Waals surface area contributed by atoms with E-state index in [2.05, 4.69) is 10.4 Å². The Morgan fingerprint density at radius 2 is 1.68 bits per heavy atom. The van der Waals surface area contributed by atoms with Gasteiger partial charge in [-0.05, 0) is 54.1 Å². The number of carbonyl (C=O) groups is 1. The highest BCUT2D eigenvalue weighted by atomic mass is 35.5. The number of benzene rings is 3. The number of nitrogens with one attached hydrogen (secondary N) is 1.